The number of nitrogens with zero attached hydrogens (tertiary/aromatic N) is 2. The Labute approximate surface area is 124 Å². The van der Waals surface area contributed by atoms with Crippen LogP contribution in [0.2, 0.25) is 0 Å². The van der Waals surface area contributed by atoms with Crippen molar-refractivity contribution in [2.45, 2.75) is 19.4 Å². The molecule has 1 aliphatic rings. The maximum atomic E-state index is 12.5. The summed E-state index contributed by atoms with van der Waals surface area (Å²) in [4.78, 5) is 17.5. The van der Waals surface area contributed by atoms with Gasteiger partial charge in [-0.1, -0.05) is 18.8 Å². The Kier molecular flexibility index (Phi) is 5.18. The third-order valence-corrected chi connectivity index (χ3v) is 4.52. The SMILES string of the molecule is CCC1CN(C(=O)c2csc(C#CCO)c2)CCN1C. The summed E-state index contributed by atoms with van der Waals surface area (Å²) in [6, 6.07) is 2.26. The van der Waals surface area contributed by atoms with E-state index in [9.17, 15) is 4.79 Å². The number of amides is 1. The molecule has 2 heterocycles. The average molecular weight is 292 g/mol. The molecule has 4 nitrogen and oxygen atoms in total. The number of aliphatic hydroxyl groups is 1. The molecule has 1 N–H and O–H groups in total. The summed E-state index contributed by atoms with van der Waals surface area (Å²) in [5.41, 5.74) is 0.705. The molecule has 0 saturated carbocycles. The van der Waals surface area contributed by atoms with Gasteiger partial charge in [0.05, 0.1) is 10.4 Å². The van der Waals surface area contributed by atoms with Gasteiger partial charge in [0.2, 0.25) is 0 Å². The molecule has 2 rings (SSSR count). The van der Waals surface area contributed by atoms with E-state index >= 15 is 0 Å². The van der Waals surface area contributed by atoms with E-state index < -0.39 is 0 Å². The van der Waals surface area contributed by atoms with Gasteiger partial charge in [-0.15, -0.1) is 11.3 Å². The summed E-state index contributed by atoms with van der Waals surface area (Å²) in [6.45, 7) is 4.49. The van der Waals surface area contributed by atoms with Crippen LogP contribution >= 0.6 is 11.3 Å². The van der Waals surface area contributed by atoms with E-state index in [4.69, 9.17) is 5.11 Å². The number of aliphatic hydroxyl groups excluding tert-OH is 1. The fourth-order valence-electron chi connectivity index (χ4n) is 2.39. The molecular formula is C15H20N2O2S. The number of hydrogen-bond acceptors (Lipinski definition) is 4. The van der Waals surface area contributed by atoms with Crippen LogP contribution in [0.1, 0.15) is 28.6 Å². The van der Waals surface area contributed by atoms with Crippen molar-refractivity contribution in [1.29, 1.82) is 0 Å². The van der Waals surface area contributed by atoms with E-state index in [1.54, 1.807) is 0 Å². The van der Waals surface area contributed by atoms with Crippen molar-refractivity contribution < 1.29 is 9.90 Å². The maximum Gasteiger partial charge on any atom is 0.254 e. The van der Waals surface area contributed by atoms with Gasteiger partial charge >= 0.3 is 0 Å². The fraction of sp³-hybridized carbons (Fsp3) is 0.533. The molecule has 5 heteroatoms. The van der Waals surface area contributed by atoms with Gasteiger partial charge in [-0.05, 0) is 19.5 Å². The van der Waals surface area contributed by atoms with Crippen molar-refractivity contribution in [2.75, 3.05) is 33.3 Å². The second-order valence-electron chi connectivity index (χ2n) is 4.95. The van der Waals surface area contributed by atoms with Crippen molar-refractivity contribution in [3.05, 3.63) is 21.9 Å². The van der Waals surface area contributed by atoms with Crippen LogP contribution < -0.4 is 0 Å². The number of carbonyl (C=O) groups excluding carboxylic acids is 1. The average Bonchev–Trinajstić information content (AvgIpc) is 2.93. The zero-order chi connectivity index (χ0) is 14.5. The molecule has 0 radical (unpaired) electrons. The first-order valence-electron chi connectivity index (χ1n) is 6.83. The van der Waals surface area contributed by atoms with E-state index in [2.05, 4.69) is 30.7 Å². The minimum atomic E-state index is -0.155. The quantitative estimate of drug-likeness (QED) is 0.835. The van der Waals surface area contributed by atoms with Crippen molar-refractivity contribution in [2.24, 2.45) is 0 Å². The van der Waals surface area contributed by atoms with Gasteiger partial charge in [0.1, 0.15) is 6.61 Å². The molecular weight excluding hydrogens is 272 g/mol. The number of likely N-dealkylation sites (N-methyl/N-ethyl adjacent to an activating group) is 1. The summed E-state index contributed by atoms with van der Waals surface area (Å²) < 4.78 is 0. The van der Waals surface area contributed by atoms with Crippen LogP contribution in [-0.2, 0) is 0 Å². The van der Waals surface area contributed by atoms with Crippen LogP contribution in [0.25, 0.3) is 0 Å². The standard InChI is InChI=1S/C15H20N2O2S/c1-3-13-10-17(7-6-16(13)2)15(19)12-9-14(20-11-12)5-4-8-18/h9,11,13,18H,3,6-8,10H2,1-2H3. The normalized spacial score (nSPS) is 19.6. The molecule has 1 saturated heterocycles. The van der Waals surface area contributed by atoms with Crippen molar-refractivity contribution >= 4 is 17.2 Å². The number of carbonyl (C=O) groups is 1. The van der Waals surface area contributed by atoms with Gasteiger partial charge in [0, 0.05) is 31.1 Å². The minimum Gasteiger partial charge on any atom is -0.384 e. The van der Waals surface area contributed by atoms with E-state index in [0.717, 1.165) is 30.9 Å². The van der Waals surface area contributed by atoms with Gasteiger partial charge in [0.25, 0.3) is 5.91 Å². The van der Waals surface area contributed by atoms with Gasteiger partial charge < -0.3 is 10.0 Å². The van der Waals surface area contributed by atoms with Gasteiger partial charge in [-0.25, -0.2) is 0 Å². The number of rotatable bonds is 2. The zero-order valence-electron chi connectivity index (χ0n) is 11.9. The summed E-state index contributed by atoms with van der Waals surface area (Å²) in [7, 11) is 2.11. The summed E-state index contributed by atoms with van der Waals surface area (Å²) in [6.07, 6.45) is 1.05. The Bertz CT molecular complexity index is 529. The molecule has 1 aliphatic heterocycles. The molecule has 1 aromatic rings. The third-order valence-electron chi connectivity index (χ3n) is 3.67. The van der Waals surface area contributed by atoms with Crippen LogP contribution in [0.4, 0.5) is 0 Å². The van der Waals surface area contributed by atoms with Crippen molar-refractivity contribution in [1.82, 2.24) is 9.80 Å². The molecule has 108 valence electrons. The van der Waals surface area contributed by atoms with E-state index in [1.807, 2.05) is 16.3 Å². The lowest BCUT2D eigenvalue weighted by Crippen LogP contribution is -2.52. The highest BCUT2D eigenvalue weighted by Crippen LogP contribution is 2.18. The lowest BCUT2D eigenvalue weighted by molar-refractivity contribution is 0.0542. The first-order chi connectivity index (χ1) is 9.65. The van der Waals surface area contributed by atoms with Gasteiger partial charge in [-0.3, -0.25) is 9.69 Å². The zero-order valence-corrected chi connectivity index (χ0v) is 12.7. The Balaban J connectivity index is 2.05. The Morgan fingerprint density at radius 2 is 2.35 bits per heavy atom. The lowest BCUT2D eigenvalue weighted by Gasteiger charge is -2.39. The number of hydrogen-bond donors (Lipinski definition) is 1. The molecule has 20 heavy (non-hydrogen) atoms. The Morgan fingerprint density at radius 1 is 1.55 bits per heavy atom. The molecule has 0 bridgehead atoms. The summed E-state index contributed by atoms with van der Waals surface area (Å²) in [5.74, 6) is 5.53. The van der Waals surface area contributed by atoms with E-state index in [1.165, 1.54) is 11.3 Å². The van der Waals surface area contributed by atoms with Gasteiger partial charge in [-0.2, -0.15) is 0 Å². The van der Waals surface area contributed by atoms with Crippen molar-refractivity contribution in [3.8, 4) is 11.8 Å². The highest BCUT2D eigenvalue weighted by atomic mass is 32.1. The minimum absolute atomic E-state index is 0.0878. The fourth-order valence-corrected chi connectivity index (χ4v) is 3.14. The molecule has 0 aromatic carbocycles. The Morgan fingerprint density at radius 3 is 3.05 bits per heavy atom. The second-order valence-corrected chi connectivity index (χ2v) is 5.86. The predicted octanol–water partition coefficient (Wildman–Crippen LogP) is 1.26. The maximum absolute atomic E-state index is 12.5. The largest absolute Gasteiger partial charge is 0.384 e. The lowest BCUT2D eigenvalue weighted by atomic mass is 10.1. The molecule has 1 unspecified atom stereocenters. The highest BCUT2D eigenvalue weighted by molar-refractivity contribution is 7.10. The topological polar surface area (TPSA) is 43.8 Å². The smallest absolute Gasteiger partial charge is 0.254 e. The van der Waals surface area contributed by atoms with Crippen LogP contribution in [0.5, 0.6) is 0 Å². The molecule has 1 aromatic heterocycles. The van der Waals surface area contributed by atoms with Crippen LogP contribution in [-0.4, -0.2) is 60.1 Å². The molecule has 1 amide bonds. The Hall–Kier alpha value is -1.35. The monoisotopic (exact) mass is 292 g/mol. The van der Waals surface area contributed by atoms with Gasteiger partial charge in [0.15, 0.2) is 0 Å². The molecule has 0 spiro atoms. The van der Waals surface area contributed by atoms with Crippen molar-refractivity contribution in [3.63, 3.8) is 0 Å². The summed E-state index contributed by atoms with van der Waals surface area (Å²) in [5, 5.41) is 10.5. The van der Waals surface area contributed by atoms with Crippen LogP contribution in [0.3, 0.4) is 0 Å². The van der Waals surface area contributed by atoms with E-state index in [0.29, 0.717) is 11.6 Å². The first kappa shape index (κ1) is 15.0. The third kappa shape index (κ3) is 3.40. The van der Waals surface area contributed by atoms with E-state index in [-0.39, 0.29) is 12.5 Å². The second kappa shape index (κ2) is 6.89. The molecule has 1 fully saturated rings. The first-order valence-corrected chi connectivity index (χ1v) is 7.71. The predicted molar refractivity (Wildman–Crippen MR) is 80.9 cm³/mol. The van der Waals surface area contributed by atoms with Crippen LogP contribution in [0.15, 0.2) is 11.4 Å². The summed E-state index contributed by atoms with van der Waals surface area (Å²) >= 11 is 1.45. The highest BCUT2D eigenvalue weighted by Gasteiger charge is 2.27. The molecule has 0 aliphatic carbocycles. The van der Waals surface area contributed by atoms with Crippen LogP contribution in [0, 0.1) is 11.8 Å². The number of thiophene rings is 1. The molecule has 1 atom stereocenters. The number of piperazine rings is 1.